The first-order valence-electron chi connectivity index (χ1n) is 7.91. The van der Waals surface area contributed by atoms with Crippen LogP contribution in [0, 0.1) is 0 Å². The molecular weight excluding hydrogens is 312 g/mol. The highest BCUT2D eigenvalue weighted by Crippen LogP contribution is 2.15. The van der Waals surface area contributed by atoms with Gasteiger partial charge in [-0.3, -0.25) is 4.79 Å². The number of hydrogen-bond acceptors (Lipinski definition) is 3. The van der Waals surface area contributed by atoms with E-state index in [1.165, 1.54) is 0 Å². The van der Waals surface area contributed by atoms with Gasteiger partial charge in [-0.1, -0.05) is 48.5 Å². The lowest BCUT2D eigenvalue weighted by Gasteiger charge is -2.09. The Morgan fingerprint density at radius 3 is 1.84 bits per heavy atom. The van der Waals surface area contributed by atoms with Crippen LogP contribution in [-0.2, 0) is 0 Å². The van der Waals surface area contributed by atoms with E-state index in [1.807, 2.05) is 72.8 Å². The van der Waals surface area contributed by atoms with E-state index in [0.717, 1.165) is 16.9 Å². The quantitative estimate of drug-likeness (QED) is 0.570. The number of nitrogens with zero attached hydrogens (tertiary/aromatic N) is 1. The zero-order chi connectivity index (χ0) is 17.5. The van der Waals surface area contributed by atoms with Crippen LogP contribution in [0.5, 0.6) is 5.75 Å². The number of methoxy groups -OCH3 is 1. The smallest absolute Gasteiger partial charge is 0.271 e. The number of carbonyl (C=O) groups is 1. The highest BCUT2D eigenvalue weighted by atomic mass is 16.5. The van der Waals surface area contributed by atoms with E-state index in [4.69, 9.17) is 4.74 Å². The number of nitrogens with one attached hydrogen (secondary N) is 1. The summed E-state index contributed by atoms with van der Waals surface area (Å²) in [5.74, 6) is 0.520. The van der Waals surface area contributed by atoms with Crippen LogP contribution >= 0.6 is 0 Å². The molecule has 0 fully saturated rings. The highest BCUT2D eigenvalue weighted by Gasteiger charge is 2.09. The minimum atomic E-state index is -0.248. The Bertz CT molecular complexity index is 857. The second-order valence-corrected chi connectivity index (χ2v) is 5.36. The minimum absolute atomic E-state index is 0.248. The maximum atomic E-state index is 12.3. The van der Waals surface area contributed by atoms with E-state index < -0.39 is 0 Å². The lowest BCUT2D eigenvalue weighted by Crippen LogP contribution is -2.20. The van der Waals surface area contributed by atoms with Gasteiger partial charge < -0.3 is 4.74 Å². The second-order valence-electron chi connectivity index (χ2n) is 5.36. The number of hydrogen-bond donors (Lipinski definition) is 1. The summed E-state index contributed by atoms with van der Waals surface area (Å²) in [5, 5.41) is 4.37. The van der Waals surface area contributed by atoms with Crippen LogP contribution in [0.4, 0.5) is 0 Å². The normalized spacial score (nSPS) is 11.0. The summed E-state index contributed by atoms with van der Waals surface area (Å²) < 4.78 is 5.20. The lowest BCUT2D eigenvalue weighted by molar-refractivity contribution is 0.0955. The molecule has 0 aliphatic heterocycles. The molecule has 0 radical (unpaired) electrons. The zero-order valence-electron chi connectivity index (χ0n) is 13.8. The van der Waals surface area contributed by atoms with Crippen LogP contribution in [0.25, 0.3) is 0 Å². The van der Waals surface area contributed by atoms with Crippen molar-refractivity contribution in [2.45, 2.75) is 0 Å². The maximum Gasteiger partial charge on any atom is 0.271 e. The van der Waals surface area contributed by atoms with Crippen LogP contribution in [0.1, 0.15) is 21.5 Å². The molecule has 3 aromatic carbocycles. The van der Waals surface area contributed by atoms with E-state index in [1.54, 1.807) is 19.2 Å². The minimum Gasteiger partial charge on any atom is -0.497 e. The van der Waals surface area contributed by atoms with E-state index >= 15 is 0 Å². The van der Waals surface area contributed by atoms with Crippen molar-refractivity contribution in [3.05, 3.63) is 102 Å². The molecule has 0 unspecified atom stereocenters. The third kappa shape index (κ3) is 4.12. The van der Waals surface area contributed by atoms with Gasteiger partial charge in [0.2, 0.25) is 0 Å². The first-order valence-corrected chi connectivity index (χ1v) is 7.91. The highest BCUT2D eigenvalue weighted by molar-refractivity contribution is 6.13. The van der Waals surface area contributed by atoms with Crippen molar-refractivity contribution < 1.29 is 9.53 Å². The van der Waals surface area contributed by atoms with Gasteiger partial charge in [-0.05, 0) is 36.4 Å². The molecule has 25 heavy (non-hydrogen) atoms. The van der Waals surface area contributed by atoms with Gasteiger partial charge in [0.1, 0.15) is 5.75 Å². The third-order valence-corrected chi connectivity index (χ3v) is 3.72. The van der Waals surface area contributed by atoms with Gasteiger partial charge in [0.25, 0.3) is 5.91 Å². The molecule has 0 spiro atoms. The van der Waals surface area contributed by atoms with Gasteiger partial charge in [-0.2, -0.15) is 5.10 Å². The standard InChI is InChI=1S/C21H18N2O2/c1-25-19-14-12-17(13-15-19)20(16-8-4-2-5-9-16)22-23-21(24)18-10-6-3-7-11-18/h2-15H,1H3,(H,23,24). The summed E-state index contributed by atoms with van der Waals surface area (Å²) in [5.41, 5.74) is 5.70. The fourth-order valence-corrected chi connectivity index (χ4v) is 2.40. The molecule has 124 valence electrons. The number of carbonyl (C=O) groups excluding carboxylic acids is 1. The summed E-state index contributed by atoms with van der Waals surface area (Å²) in [4.78, 5) is 12.3. The monoisotopic (exact) mass is 330 g/mol. The maximum absolute atomic E-state index is 12.3. The van der Waals surface area contributed by atoms with Gasteiger partial charge in [0.15, 0.2) is 0 Å². The molecule has 3 rings (SSSR count). The topological polar surface area (TPSA) is 50.7 Å². The molecule has 1 N–H and O–H groups in total. The molecule has 0 aliphatic carbocycles. The van der Waals surface area contributed by atoms with Crippen molar-refractivity contribution in [3.63, 3.8) is 0 Å². The Morgan fingerprint density at radius 1 is 0.760 bits per heavy atom. The van der Waals surface area contributed by atoms with Gasteiger partial charge >= 0.3 is 0 Å². The molecule has 0 aliphatic rings. The predicted molar refractivity (Wildman–Crippen MR) is 99.0 cm³/mol. The summed E-state index contributed by atoms with van der Waals surface area (Å²) in [6, 6.07) is 26.3. The van der Waals surface area contributed by atoms with E-state index in [-0.39, 0.29) is 5.91 Å². The lowest BCUT2D eigenvalue weighted by atomic mass is 10.0. The van der Waals surface area contributed by atoms with Crippen molar-refractivity contribution >= 4 is 11.6 Å². The molecule has 3 aromatic rings. The zero-order valence-corrected chi connectivity index (χ0v) is 13.8. The molecule has 1 amide bonds. The predicted octanol–water partition coefficient (Wildman–Crippen LogP) is 3.88. The summed E-state index contributed by atoms with van der Waals surface area (Å²) >= 11 is 0. The first kappa shape index (κ1) is 16.5. The molecule has 4 heteroatoms. The van der Waals surface area contributed by atoms with Crippen molar-refractivity contribution in [3.8, 4) is 5.75 Å². The Kier molecular flexibility index (Phi) is 5.22. The molecule has 0 aromatic heterocycles. The fraction of sp³-hybridized carbons (Fsp3) is 0.0476. The van der Waals surface area contributed by atoms with Crippen molar-refractivity contribution in [1.82, 2.24) is 5.43 Å². The molecule has 0 atom stereocenters. The van der Waals surface area contributed by atoms with Crippen LogP contribution in [0.3, 0.4) is 0 Å². The van der Waals surface area contributed by atoms with Gasteiger partial charge in [-0.25, -0.2) is 5.43 Å². The van der Waals surface area contributed by atoms with E-state index in [9.17, 15) is 4.79 Å². The molecular formula is C21H18N2O2. The number of rotatable bonds is 5. The largest absolute Gasteiger partial charge is 0.497 e. The Morgan fingerprint density at radius 2 is 1.28 bits per heavy atom. The van der Waals surface area contributed by atoms with Crippen LogP contribution < -0.4 is 10.2 Å². The molecule has 0 heterocycles. The number of benzene rings is 3. The van der Waals surface area contributed by atoms with Crippen molar-refractivity contribution in [1.29, 1.82) is 0 Å². The van der Waals surface area contributed by atoms with Crippen LogP contribution in [0.2, 0.25) is 0 Å². The Balaban J connectivity index is 1.92. The first-order chi connectivity index (χ1) is 12.3. The van der Waals surface area contributed by atoms with Crippen LogP contribution in [-0.4, -0.2) is 18.7 Å². The summed E-state index contributed by atoms with van der Waals surface area (Å²) in [6.07, 6.45) is 0. The average Bonchev–Trinajstić information content (AvgIpc) is 2.70. The SMILES string of the molecule is COc1ccc(C(=NNC(=O)c2ccccc2)c2ccccc2)cc1. The number of hydrazone groups is 1. The van der Waals surface area contributed by atoms with Gasteiger partial charge in [-0.15, -0.1) is 0 Å². The van der Waals surface area contributed by atoms with E-state index in [2.05, 4.69) is 10.5 Å². The van der Waals surface area contributed by atoms with Crippen molar-refractivity contribution in [2.75, 3.05) is 7.11 Å². The number of ether oxygens (including phenoxy) is 1. The molecule has 0 saturated carbocycles. The second kappa shape index (κ2) is 7.93. The molecule has 0 bridgehead atoms. The average molecular weight is 330 g/mol. The van der Waals surface area contributed by atoms with Gasteiger partial charge in [0, 0.05) is 16.7 Å². The van der Waals surface area contributed by atoms with Gasteiger partial charge in [0.05, 0.1) is 12.8 Å². The summed E-state index contributed by atoms with van der Waals surface area (Å²) in [6.45, 7) is 0. The molecule has 4 nitrogen and oxygen atoms in total. The Labute approximate surface area is 146 Å². The summed E-state index contributed by atoms with van der Waals surface area (Å²) in [7, 11) is 1.63. The molecule has 0 saturated heterocycles. The van der Waals surface area contributed by atoms with Crippen molar-refractivity contribution in [2.24, 2.45) is 5.10 Å². The number of amides is 1. The third-order valence-electron chi connectivity index (χ3n) is 3.72. The fourth-order valence-electron chi connectivity index (χ4n) is 2.40. The van der Waals surface area contributed by atoms with E-state index in [0.29, 0.717) is 11.3 Å². The Hall–Kier alpha value is -3.40. The van der Waals surface area contributed by atoms with Crippen LogP contribution in [0.15, 0.2) is 90.0 Å².